The lowest BCUT2D eigenvalue weighted by molar-refractivity contribution is 0.0300. The smallest absolute Gasteiger partial charge is 0.410 e. The third-order valence-corrected chi connectivity index (χ3v) is 3.50. The summed E-state index contributed by atoms with van der Waals surface area (Å²) in [5, 5.41) is 3.40. The van der Waals surface area contributed by atoms with Gasteiger partial charge in [-0.2, -0.15) is 11.8 Å². The van der Waals surface area contributed by atoms with Gasteiger partial charge in [-0.25, -0.2) is 4.79 Å². The van der Waals surface area contributed by atoms with Crippen LogP contribution >= 0.6 is 11.8 Å². The van der Waals surface area contributed by atoms with Crippen molar-refractivity contribution in [2.24, 2.45) is 0 Å². The molecule has 4 nitrogen and oxygen atoms in total. The van der Waals surface area contributed by atoms with Gasteiger partial charge in [-0.3, -0.25) is 0 Å². The summed E-state index contributed by atoms with van der Waals surface area (Å²) in [6.45, 7) is 7.16. The molecule has 0 aromatic carbocycles. The molecule has 0 atom stereocenters. The molecule has 1 rings (SSSR count). The predicted octanol–water partition coefficient (Wildman–Crippen LogP) is 1.56. The van der Waals surface area contributed by atoms with Crippen molar-refractivity contribution in [2.75, 3.05) is 31.6 Å². The maximum absolute atomic E-state index is 11.6. The van der Waals surface area contributed by atoms with Crippen molar-refractivity contribution in [2.45, 2.75) is 32.4 Å². The average Bonchev–Trinajstić information content (AvgIpc) is 2.05. The molecule has 16 heavy (non-hydrogen) atoms. The van der Waals surface area contributed by atoms with Crippen LogP contribution in [0.5, 0.6) is 0 Å². The van der Waals surface area contributed by atoms with Gasteiger partial charge in [0, 0.05) is 37.7 Å². The molecule has 1 fully saturated rings. The number of hydrogen-bond acceptors (Lipinski definition) is 4. The first-order valence-electron chi connectivity index (χ1n) is 5.64. The SMILES string of the molecule is CN(CCNC1CSC1)C(=O)OC(C)(C)C. The molecule has 5 heteroatoms. The van der Waals surface area contributed by atoms with E-state index in [4.69, 9.17) is 4.74 Å². The zero-order valence-corrected chi connectivity index (χ0v) is 11.4. The van der Waals surface area contributed by atoms with Gasteiger partial charge in [-0.1, -0.05) is 0 Å². The fourth-order valence-corrected chi connectivity index (χ4v) is 1.93. The summed E-state index contributed by atoms with van der Waals surface area (Å²) < 4.78 is 5.25. The molecule has 0 unspecified atom stereocenters. The first-order valence-corrected chi connectivity index (χ1v) is 6.79. The van der Waals surface area contributed by atoms with Crippen molar-refractivity contribution >= 4 is 17.9 Å². The summed E-state index contributed by atoms with van der Waals surface area (Å²) in [5.74, 6) is 2.38. The zero-order chi connectivity index (χ0) is 12.2. The fourth-order valence-electron chi connectivity index (χ4n) is 1.22. The van der Waals surface area contributed by atoms with E-state index >= 15 is 0 Å². The molecule has 1 saturated heterocycles. The number of amides is 1. The number of ether oxygens (including phenoxy) is 1. The van der Waals surface area contributed by atoms with Gasteiger partial charge in [-0.15, -0.1) is 0 Å². The van der Waals surface area contributed by atoms with Gasteiger partial charge >= 0.3 is 6.09 Å². The lowest BCUT2D eigenvalue weighted by Gasteiger charge is -2.28. The molecule has 0 aromatic rings. The zero-order valence-electron chi connectivity index (χ0n) is 10.6. The molecule has 0 radical (unpaired) electrons. The van der Waals surface area contributed by atoms with Crippen LogP contribution in [0.2, 0.25) is 0 Å². The van der Waals surface area contributed by atoms with Crippen LogP contribution in [-0.4, -0.2) is 54.3 Å². The molecule has 0 saturated carbocycles. The highest BCUT2D eigenvalue weighted by atomic mass is 32.2. The Labute approximate surface area is 102 Å². The number of carbonyl (C=O) groups is 1. The molecule has 0 bridgehead atoms. The van der Waals surface area contributed by atoms with Crippen molar-refractivity contribution in [1.82, 2.24) is 10.2 Å². The summed E-state index contributed by atoms with van der Waals surface area (Å²) in [7, 11) is 1.77. The number of hydrogen-bond donors (Lipinski definition) is 1. The number of nitrogens with one attached hydrogen (secondary N) is 1. The Morgan fingerprint density at radius 1 is 1.50 bits per heavy atom. The largest absolute Gasteiger partial charge is 0.444 e. The van der Waals surface area contributed by atoms with Crippen molar-refractivity contribution in [1.29, 1.82) is 0 Å². The van der Waals surface area contributed by atoms with Crippen LogP contribution in [0.4, 0.5) is 4.79 Å². The Hall–Kier alpha value is -0.420. The third kappa shape index (κ3) is 5.07. The van der Waals surface area contributed by atoms with Gasteiger partial charge in [0.05, 0.1) is 0 Å². The van der Waals surface area contributed by atoms with Crippen molar-refractivity contribution in [3.8, 4) is 0 Å². The predicted molar refractivity (Wildman–Crippen MR) is 68.0 cm³/mol. The van der Waals surface area contributed by atoms with Gasteiger partial charge in [-0.05, 0) is 20.8 Å². The highest BCUT2D eigenvalue weighted by Gasteiger charge is 2.20. The Morgan fingerprint density at radius 3 is 2.56 bits per heavy atom. The van der Waals surface area contributed by atoms with Gasteiger partial charge < -0.3 is 15.0 Å². The van der Waals surface area contributed by atoms with Gasteiger partial charge in [0.15, 0.2) is 0 Å². The lowest BCUT2D eigenvalue weighted by Crippen LogP contribution is -2.45. The van der Waals surface area contributed by atoms with Crippen LogP contribution in [0.1, 0.15) is 20.8 Å². The second kappa shape index (κ2) is 5.77. The van der Waals surface area contributed by atoms with Crippen LogP contribution in [0.15, 0.2) is 0 Å². The normalized spacial score (nSPS) is 16.8. The molecule has 94 valence electrons. The van der Waals surface area contributed by atoms with Gasteiger partial charge in [0.25, 0.3) is 0 Å². The van der Waals surface area contributed by atoms with Crippen LogP contribution in [0.3, 0.4) is 0 Å². The molecule has 1 aliphatic heterocycles. The fraction of sp³-hybridized carbons (Fsp3) is 0.909. The number of thioether (sulfide) groups is 1. The third-order valence-electron chi connectivity index (χ3n) is 2.22. The first kappa shape index (κ1) is 13.6. The van der Waals surface area contributed by atoms with E-state index in [-0.39, 0.29) is 6.09 Å². The summed E-state index contributed by atoms with van der Waals surface area (Å²) in [6.07, 6.45) is -0.253. The number of carbonyl (C=O) groups excluding carboxylic acids is 1. The molecule has 1 amide bonds. The Kier molecular flexibility index (Phi) is 4.92. The quantitative estimate of drug-likeness (QED) is 0.817. The van der Waals surface area contributed by atoms with E-state index in [1.54, 1.807) is 11.9 Å². The van der Waals surface area contributed by atoms with E-state index in [1.807, 2.05) is 32.5 Å². The van der Waals surface area contributed by atoms with E-state index in [9.17, 15) is 4.79 Å². The molecule has 0 aromatic heterocycles. The van der Waals surface area contributed by atoms with Crippen LogP contribution in [0, 0.1) is 0 Å². The summed E-state index contributed by atoms with van der Waals surface area (Å²) in [5.41, 5.74) is -0.413. The first-order chi connectivity index (χ1) is 7.38. The topological polar surface area (TPSA) is 41.6 Å². The second-order valence-electron chi connectivity index (χ2n) is 5.09. The van der Waals surface area contributed by atoms with Gasteiger partial charge in [0.2, 0.25) is 0 Å². The van der Waals surface area contributed by atoms with Crippen LogP contribution in [0.25, 0.3) is 0 Å². The minimum absolute atomic E-state index is 0.253. The highest BCUT2D eigenvalue weighted by Crippen LogP contribution is 2.16. The summed E-state index contributed by atoms with van der Waals surface area (Å²) >= 11 is 1.95. The second-order valence-corrected chi connectivity index (χ2v) is 6.17. The van der Waals surface area contributed by atoms with Crippen LogP contribution < -0.4 is 5.32 Å². The van der Waals surface area contributed by atoms with E-state index in [0.717, 1.165) is 6.54 Å². The van der Waals surface area contributed by atoms with Gasteiger partial charge in [0.1, 0.15) is 5.60 Å². The lowest BCUT2D eigenvalue weighted by atomic mass is 10.2. The number of nitrogens with zero attached hydrogens (tertiary/aromatic N) is 1. The van der Waals surface area contributed by atoms with Crippen molar-refractivity contribution < 1.29 is 9.53 Å². The maximum Gasteiger partial charge on any atom is 0.410 e. The minimum atomic E-state index is -0.413. The summed E-state index contributed by atoms with van der Waals surface area (Å²) in [6, 6.07) is 0.636. The van der Waals surface area contributed by atoms with Crippen LogP contribution in [-0.2, 0) is 4.74 Å². The monoisotopic (exact) mass is 246 g/mol. The van der Waals surface area contributed by atoms with E-state index in [1.165, 1.54) is 11.5 Å². The highest BCUT2D eigenvalue weighted by molar-refractivity contribution is 8.00. The summed E-state index contributed by atoms with van der Waals surface area (Å²) in [4.78, 5) is 13.2. The number of rotatable bonds is 4. The Bertz CT molecular complexity index is 237. The van der Waals surface area contributed by atoms with E-state index in [0.29, 0.717) is 12.6 Å². The molecular weight excluding hydrogens is 224 g/mol. The van der Waals surface area contributed by atoms with E-state index in [2.05, 4.69) is 5.32 Å². The molecule has 1 heterocycles. The molecule has 0 aliphatic carbocycles. The molecular formula is C11H22N2O2S. The average molecular weight is 246 g/mol. The maximum atomic E-state index is 11.6. The standard InChI is InChI=1S/C11H22N2O2S/c1-11(2,3)15-10(14)13(4)6-5-12-9-7-16-8-9/h9,12H,5-8H2,1-4H3. The van der Waals surface area contributed by atoms with Crippen molar-refractivity contribution in [3.63, 3.8) is 0 Å². The Balaban J connectivity index is 2.12. The van der Waals surface area contributed by atoms with Crippen molar-refractivity contribution in [3.05, 3.63) is 0 Å². The molecule has 1 N–H and O–H groups in total. The Morgan fingerprint density at radius 2 is 2.12 bits per heavy atom. The van der Waals surface area contributed by atoms with E-state index < -0.39 is 5.60 Å². The molecule has 1 aliphatic rings. The number of likely N-dealkylation sites (N-methyl/N-ethyl adjacent to an activating group) is 1. The molecule has 0 spiro atoms. The minimum Gasteiger partial charge on any atom is -0.444 e.